The standard InChI is InChI=1S/C20H25NO3/c1-14-8-9-15(2)18(12-14)21-20(22)19-11-10-17(24-19)13-23-16-6-4-3-5-7-16/h8-12,16H,3-7,13H2,1-2H3,(H,21,22). The highest BCUT2D eigenvalue weighted by Gasteiger charge is 2.16. The third-order valence-corrected chi connectivity index (χ3v) is 4.54. The molecule has 1 N–H and O–H groups in total. The molecule has 1 aliphatic rings. The summed E-state index contributed by atoms with van der Waals surface area (Å²) in [7, 11) is 0. The maximum absolute atomic E-state index is 12.4. The second-order valence-electron chi connectivity index (χ2n) is 6.61. The van der Waals surface area contributed by atoms with Gasteiger partial charge in [-0.3, -0.25) is 4.79 Å². The Morgan fingerprint density at radius 1 is 1.17 bits per heavy atom. The molecule has 24 heavy (non-hydrogen) atoms. The van der Waals surface area contributed by atoms with E-state index in [2.05, 4.69) is 5.32 Å². The van der Waals surface area contributed by atoms with Gasteiger partial charge in [-0.25, -0.2) is 0 Å². The number of ether oxygens (including phenoxy) is 1. The van der Waals surface area contributed by atoms with E-state index in [-0.39, 0.29) is 5.91 Å². The monoisotopic (exact) mass is 327 g/mol. The number of benzene rings is 1. The van der Waals surface area contributed by atoms with Gasteiger partial charge >= 0.3 is 0 Å². The Bertz CT molecular complexity index is 699. The molecule has 128 valence electrons. The predicted molar refractivity (Wildman–Crippen MR) is 94.2 cm³/mol. The molecular formula is C20H25NO3. The number of hydrogen-bond donors (Lipinski definition) is 1. The van der Waals surface area contributed by atoms with Crippen LogP contribution in [-0.4, -0.2) is 12.0 Å². The molecule has 3 rings (SSSR count). The number of hydrogen-bond acceptors (Lipinski definition) is 3. The number of nitrogens with one attached hydrogen (secondary N) is 1. The summed E-state index contributed by atoms with van der Waals surface area (Å²) in [5.41, 5.74) is 2.95. The minimum absolute atomic E-state index is 0.229. The lowest BCUT2D eigenvalue weighted by Crippen LogP contribution is -2.16. The van der Waals surface area contributed by atoms with Crippen LogP contribution in [0.25, 0.3) is 0 Å². The minimum Gasteiger partial charge on any atom is -0.453 e. The van der Waals surface area contributed by atoms with Crippen LogP contribution in [-0.2, 0) is 11.3 Å². The second-order valence-corrected chi connectivity index (χ2v) is 6.61. The molecule has 0 spiro atoms. The maximum atomic E-state index is 12.4. The average Bonchev–Trinajstić information content (AvgIpc) is 3.06. The van der Waals surface area contributed by atoms with Crippen LogP contribution in [0.4, 0.5) is 5.69 Å². The highest BCUT2D eigenvalue weighted by Crippen LogP contribution is 2.22. The van der Waals surface area contributed by atoms with Crippen molar-refractivity contribution in [2.24, 2.45) is 0 Å². The van der Waals surface area contributed by atoms with Gasteiger partial charge in [-0.1, -0.05) is 31.4 Å². The Hall–Kier alpha value is -2.07. The first kappa shape index (κ1) is 16.8. The van der Waals surface area contributed by atoms with E-state index >= 15 is 0 Å². The lowest BCUT2D eigenvalue weighted by molar-refractivity contribution is 0.00849. The summed E-state index contributed by atoms with van der Waals surface area (Å²) < 4.78 is 11.5. The van der Waals surface area contributed by atoms with Crippen molar-refractivity contribution in [1.29, 1.82) is 0 Å². The first-order chi connectivity index (χ1) is 11.6. The van der Waals surface area contributed by atoms with Crippen LogP contribution >= 0.6 is 0 Å². The van der Waals surface area contributed by atoms with E-state index in [4.69, 9.17) is 9.15 Å². The summed E-state index contributed by atoms with van der Waals surface area (Å²) in [5, 5.41) is 2.91. The highest BCUT2D eigenvalue weighted by atomic mass is 16.5. The van der Waals surface area contributed by atoms with Gasteiger partial charge in [0.25, 0.3) is 5.91 Å². The van der Waals surface area contributed by atoms with E-state index in [1.54, 1.807) is 6.07 Å². The van der Waals surface area contributed by atoms with Crippen LogP contribution < -0.4 is 5.32 Å². The number of aryl methyl sites for hydroxylation is 2. The lowest BCUT2D eigenvalue weighted by atomic mass is 9.98. The van der Waals surface area contributed by atoms with Gasteiger partial charge in [0.15, 0.2) is 5.76 Å². The highest BCUT2D eigenvalue weighted by molar-refractivity contribution is 6.02. The summed E-state index contributed by atoms with van der Waals surface area (Å²) in [6.07, 6.45) is 6.37. The molecule has 1 amide bonds. The van der Waals surface area contributed by atoms with Gasteiger partial charge in [0.05, 0.1) is 6.10 Å². The first-order valence-corrected chi connectivity index (χ1v) is 8.71. The Morgan fingerprint density at radius 3 is 2.75 bits per heavy atom. The van der Waals surface area contributed by atoms with Crippen molar-refractivity contribution in [2.75, 3.05) is 5.32 Å². The number of rotatable bonds is 5. The number of carbonyl (C=O) groups is 1. The van der Waals surface area contributed by atoms with Gasteiger partial charge in [0.1, 0.15) is 12.4 Å². The van der Waals surface area contributed by atoms with E-state index in [1.165, 1.54) is 19.3 Å². The molecular weight excluding hydrogens is 302 g/mol. The molecule has 1 aromatic carbocycles. The van der Waals surface area contributed by atoms with Crippen molar-refractivity contribution >= 4 is 11.6 Å². The largest absolute Gasteiger partial charge is 0.453 e. The van der Waals surface area contributed by atoms with Gasteiger partial charge < -0.3 is 14.5 Å². The Labute approximate surface area is 143 Å². The molecule has 4 nitrogen and oxygen atoms in total. The maximum Gasteiger partial charge on any atom is 0.291 e. The molecule has 0 atom stereocenters. The van der Waals surface area contributed by atoms with Gasteiger partial charge in [0, 0.05) is 5.69 Å². The van der Waals surface area contributed by atoms with Crippen LogP contribution in [0.3, 0.4) is 0 Å². The molecule has 0 radical (unpaired) electrons. The Kier molecular flexibility index (Phi) is 5.36. The first-order valence-electron chi connectivity index (χ1n) is 8.71. The Morgan fingerprint density at radius 2 is 1.96 bits per heavy atom. The molecule has 0 unspecified atom stereocenters. The predicted octanol–water partition coefficient (Wildman–Crippen LogP) is 5.00. The number of amides is 1. The van der Waals surface area contributed by atoms with Crippen LogP contribution in [0, 0.1) is 13.8 Å². The van der Waals surface area contributed by atoms with Crippen LogP contribution in [0.2, 0.25) is 0 Å². The van der Waals surface area contributed by atoms with E-state index in [9.17, 15) is 4.79 Å². The molecule has 4 heteroatoms. The smallest absolute Gasteiger partial charge is 0.291 e. The van der Waals surface area contributed by atoms with Crippen molar-refractivity contribution in [3.05, 3.63) is 53.0 Å². The molecule has 1 fully saturated rings. The fraction of sp³-hybridized carbons (Fsp3) is 0.450. The van der Waals surface area contributed by atoms with E-state index in [0.717, 1.165) is 29.7 Å². The summed E-state index contributed by atoms with van der Waals surface area (Å²) in [5.74, 6) is 0.789. The molecule has 1 aliphatic carbocycles. The minimum atomic E-state index is -0.229. The summed E-state index contributed by atoms with van der Waals surface area (Å²) in [4.78, 5) is 12.4. The van der Waals surface area contributed by atoms with Crippen LogP contribution in [0.15, 0.2) is 34.7 Å². The fourth-order valence-corrected chi connectivity index (χ4v) is 3.06. The van der Waals surface area contributed by atoms with Crippen molar-refractivity contribution in [1.82, 2.24) is 0 Å². The topological polar surface area (TPSA) is 51.5 Å². The summed E-state index contributed by atoms with van der Waals surface area (Å²) in [6.45, 7) is 4.41. The molecule has 0 aliphatic heterocycles. The lowest BCUT2D eigenvalue weighted by Gasteiger charge is -2.21. The van der Waals surface area contributed by atoms with E-state index in [1.807, 2.05) is 38.1 Å². The molecule has 1 aromatic heterocycles. The van der Waals surface area contributed by atoms with E-state index < -0.39 is 0 Å². The van der Waals surface area contributed by atoms with Gasteiger partial charge in [-0.15, -0.1) is 0 Å². The third kappa shape index (κ3) is 4.26. The second kappa shape index (κ2) is 7.67. The van der Waals surface area contributed by atoms with E-state index in [0.29, 0.717) is 24.2 Å². The average molecular weight is 327 g/mol. The van der Waals surface area contributed by atoms with Crippen molar-refractivity contribution < 1.29 is 13.9 Å². The molecule has 1 saturated carbocycles. The third-order valence-electron chi connectivity index (χ3n) is 4.54. The van der Waals surface area contributed by atoms with Crippen molar-refractivity contribution in [3.8, 4) is 0 Å². The fourth-order valence-electron chi connectivity index (χ4n) is 3.06. The molecule has 2 aromatic rings. The number of carbonyl (C=O) groups excluding carboxylic acids is 1. The zero-order valence-corrected chi connectivity index (χ0v) is 14.4. The van der Waals surface area contributed by atoms with Gasteiger partial charge in [-0.2, -0.15) is 0 Å². The SMILES string of the molecule is Cc1ccc(C)c(NC(=O)c2ccc(COC3CCCCC3)o2)c1. The number of anilines is 1. The molecule has 0 saturated heterocycles. The summed E-state index contributed by atoms with van der Waals surface area (Å²) >= 11 is 0. The van der Waals surface area contributed by atoms with Gasteiger partial charge in [-0.05, 0) is 56.0 Å². The van der Waals surface area contributed by atoms with Crippen molar-refractivity contribution in [2.45, 2.75) is 58.7 Å². The zero-order chi connectivity index (χ0) is 16.9. The summed E-state index contributed by atoms with van der Waals surface area (Å²) in [6, 6.07) is 9.51. The van der Waals surface area contributed by atoms with Crippen LogP contribution in [0.5, 0.6) is 0 Å². The quantitative estimate of drug-likeness (QED) is 0.841. The Balaban J connectivity index is 1.58. The van der Waals surface area contributed by atoms with Crippen molar-refractivity contribution in [3.63, 3.8) is 0 Å². The molecule has 1 heterocycles. The normalized spacial score (nSPS) is 15.4. The van der Waals surface area contributed by atoms with Gasteiger partial charge in [0.2, 0.25) is 0 Å². The molecule has 0 bridgehead atoms. The zero-order valence-electron chi connectivity index (χ0n) is 14.4. The number of furan rings is 1. The van der Waals surface area contributed by atoms with Crippen LogP contribution in [0.1, 0.15) is 59.5 Å².